The summed E-state index contributed by atoms with van der Waals surface area (Å²) in [6.45, 7) is 3.88. The number of rotatable bonds is 3. The Morgan fingerprint density at radius 2 is 1.90 bits per heavy atom. The average molecular weight is 275 g/mol. The quantitative estimate of drug-likeness (QED) is 0.915. The third-order valence-corrected chi connectivity index (χ3v) is 4.80. The first kappa shape index (κ1) is 13.7. The van der Waals surface area contributed by atoms with Gasteiger partial charge in [0.2, 0.25) is 0 Å². The normalized spacial score (nSPS) is 27.1. The van der Waals surface area contributed by atoms with Gasteiger partial charge >= 0.3 is 0 Å². The molecule has 0 amide bonds. The number of benzene rings is 1. The molecule has 1 N–H and O–H groups in total. The van der Waals surface area contributed by atoms with Crippen molar-refractivity contribution < 1.29 is 9.47 Å². The lowest BCUT2D eigenvalue weighted by atomic mass is 9.86. The fraction of sp³-hybridized carbons (Fsp3) is 0.647. The number of nitrogens with one attached hydrogen (secondary N) is 1. The maximum absolute atomic E-state index is 5.82. The molecule has 0 bridgehead atoms. The first-order valence-corrected chi connectivity index (χ1v) is 7.86. The molecule has 3 unspecified atom stereocenters. The first-order chi connectivity index (χ1) is 9.79. The smallest absolute Gasteiger partial charge is 0.161 e. The molecule has 1 heterocycles. The van der Waals surface area contributed by atoms with Crippen LogP contribution in [0.25, 0.3) is 0 Å². The van der Waals surface area contributed by atoms with Crippen LogP contribution in [0.15, 0.2) is 18.2 Å². The lowest BCUT2D eigenvalue weighted by molar-refractivity contribution is 0.296. The maximum Gasteiger partial charge on any atom is 0.161 e. The molecule has 3 atom stereocenters. The zero-order valence-corrected chi connectivity index (χ0v) is 12.5. The lowest BCUT2D eigenvalue weighted by Gasteiger charge is -2.27. The molecule has 1 aromatic carbocycles. The van der Waals surface area contributed by atoms with Crippen molar-refractivity contribution >= 4 is 0 Å². The van der Waals surface area contributed by atoms with Crippen LogP contribution in [-0.2, 0) is 0 Å². The van der Waals surface area contributed by atoms with E-state index in [0.717, 1.165) is 43.0 Å². The third-order valence-electron chi connectivity index (χ3n) is 4.80. The SMILES string of the molecule is CNC(c1ccc2c(c1)OCCCO2)C1CCCC1C. The van der Waals surface area contributed by atoms with E-state index in [-0.39, 0.29) is 0 Å². The third kappa shape index (κ3) is 2.64. The molecule has 1 saturated carbocycles. The topological polar surface area (TPSA) is 30.5 Å². The van der Waals surface area contributed by atoms with E-state index in [1.807, 2.05) is 0 Å². The second kappa shape index (κ2) is 6.04. The number of hydrogen-bond donors (Lipinski definition) is 1. The van der Waals surface area contributed by atoms with Gasteiger partial charge in [-0.3, -0.25) is 0 Å². The minimum absolute atomic E-state index is 0.421. The van der Waals surface area contributed by atoms with Crippen LogP contribution in [0.2, 0.25) is 0 Å². The predicted molar refractivity (Wildman–Crippen MR) is 80.4 cm³/mol. The largest absolute Gasteiger partial charge is 0.490 e. The molecule has 1 aliphatic carbocycles. The monoisotopic (exact) mass is 275 g/mol. The number of ether oxygens (including phenoxy) is 2. The van der Waals surface area contributed by atoms with Crippen molar-refractivity contribution in [3.8, 4) is 11.5 Å². The Hall–Kier alpha value is -1.22. The minimum atomic E-state index is 0.421. The summed E-state index contributed by atoms with van der Waals surface area (Å²) >= 11 is 0. The number of fused-ring (bicyclic) bond motifs is 1. The first-order valence-electron chi connectivity index (χ1n) is 7.86. The summed E-state index contributed by atoms with van der Waals surface area (Å²) < 4.78 is 11.5. The van der Waals surface area contributed by atoms with Crippen molar-refractivity contribution in [2.75, 3.05) is 20.3 Å². The average Bonchev–Trinajstić information content (AvgIpc) is 2.75. The van der Waals surface area contributed by atoms with Gasteiger partial charge in [-0.05, 0) is 43.0 Å². The Balaban J connectivity index is 1.86. The summed E-state index contributed by atoms with van der Waals surface area (Å²) in [4.78, 5) is 0. The summed E-state index contributed by atoms with van der Waals surface area (Å²) in [5, 5.41) is 3.52. The van der Waals surface area contributed by atoms with Crippen LogP contribution < -0.4 is 14.8 Å². The summed E-state index contributed by atoms with van der Waals surface area (Å²) in [7, 11) is 2.07. The van der Waals surface area contributed by atoms with E-state index in [2.05, 4.69) is 37.5 Å². The van der Waals surface area contributed by atoms with E-state index < -0.39 is 0 Å². The molecular formula is C17H25NO2. The van der Waals surface area contributed by atoms with E-state index in [1.165, 1.54) is 24.8 Å². The molecule has 0 saturated heterocycles. The highest BCUT2D eigenvalue weighted by molar-refractivity contribution is 5.44. The van der Waals surface area contributed by atoms with Crippen LogP contribution in [0.3, 0.4) is 0 Å². The second-order valence-corrected chi connectivity index (χ2v) is 6.10. The van der Waals surface area contributed by atoms with Gasteiger partial charge in [0.15, 0.2) is 11.5 Å². The molecule has 1 aromatic rings. The van der Waals surface area contributed by atoms with Crippen LogP contribution in [0.5, 0.6) is 11.5 Å². The molecule has 110 valence electrons. The predicted octanol–water partition coefficient (Wildman–Crippen LogP) is 3.54. The van der Waals surface area contributed by atoms with Crippen LogP contribution in [0, 0.1) is 11.8 Å². The van der Waals surface area contributed by atoms with Crippen LogP contribution >= 0.6 is 0 Å². The van der Waals surface area contributed by atoms with Crippen LogP contribution in [-0.4, -0.2) is 20.3 Å². The maximum atomic E-state index is 5.82. The zero-order chi connectivity index (χ0) is 13.9. The number of hydrogen-bond acceptors (Lipinski definition) is 3. The van der Waals surface area contributed by atoms with Crippen molar-refractivity contribution in [1.82, 2.24) is 5.32 Å². The minimum Gasteiger partial charge on any atom is -0.490 e. The Labute approximate surface area is 121 Å². The van der Waals surface area contributed by atoms with Crippen molar-refractivity contribution in [1.29, 1.82) is 0 Å². The highest BCUT2D eigenvalue weighted by Gasteiger charge is 2.31. The van der Waals surface area contributed by atoms with E-state index in [4.69, 9.17) is 9.47 Å². The Morgan fingerprint density at radius 3 is 2.60 bits per heavy atom. The summed E-state index contributed by atoms with van der Waals surface area (Å²) in [5.41, 5.74) is 1.33. The van der Waals surface area contributed by atoms with Crippen molar-refractivity contribution in [2.45, 2.75) is 38.6 Å². The fourth-order valence-corrected chi connectivity index (χ4v) is 3.67. The van der Waals surface area contributed by atoms with Crippen LogP contribution in [0.1, 0.15) is 44.2 Å². The molecule has 0 aromatic heterocycles. The van der Waals surface area contributed by atoms with E-state index >= 15 is 0 Å². The summed E-state index contributed by atoms with van der Waals surface area (Å²) in [6.07, 6.45) is 4.99. The van der Waals surface area contributed by atoms with Gasteiger partial charge in [0, 0.05) is 12.5 Å². The van der Waals surface area contributed by atoms with Gasteiger partial charge in [-0.25, -0.2) is 0 Å². The highest BCUT2D eigenvalue weighted by Crippen LogP contribution is 2.42. The molecule has 0 radical (unpaired) electrons. The molecule has 0 spiro atoms. The van der Waals surface area contributed by atoms with Gasteiger partial charge in [0.25, 0.3) is 0 Å². The Bertz CT molecular complexity index is 460. The molecule has 1 aliphatic heterocycles. The van der Waals surface area contributed by atoms with Gasteiger partial charge in [-0.2, -0.15) is 0 Å². The molecular weight excluding hydrogens is 250 g/mol. The van der Waals surface area contributed by atoms with Gasteiger partial charge in [0.1, 0.15) is 0 Å². The fourth-order valence-electron chi connectivity index (χ4n) is 3.67. The molecule has 3 heteroatoms. The van der Waals surface area contributed by atoms with Crippen molar-refractivity contribution in [3.63, 3.8) is 0 Å². The molecule has 20 heavy (non-hydrogen) atoms. The van der Waals surface area contributed by atoms with E-state index in [9.17, 15) is 0 Å². The standard InChI is InChI=1S/C17H25NO2/c1-12-5-3-6-14(12)17(18-2)13-7-8-15-16(11-13)20-10-4-9-19-15/h7-8,11-12,14,17-18H,3-6,9-10H2,1-2H3. The second-order valence-electron chi connectivity index (χ2n) is 6.10. The molecule has 2 aliphatic rings. The molecule has 3 nitrogen and oxygen atoms in total. The summed E-state index contributed by atoms with van der Waals surface area (Å²) in [6, 6.07) is 6.86. The van der Waals surface area contributed by atoms with Crippen molar-refractivity contribution in [3.05, 3.63) is 23.8 Å². The van der Waals surface area contributed by atoms with E-state index in [1.54, 1.807) is 0 Å². The van der Waals surface area contributed by atoms with Gasteiger partial charge < -0.3 is 14.8 Å². The Morgan fingerprint density at radius 1 is 1.10 bits per heavy atom. The molecule has 1 fully saturated rings. The van der Waals surface area contributed by atoms with Gasteiger partial charge in [0.05, 0.1) is 13.2 Å². The van der Waals surface area contributed by atoms with Crippen LogP contribution in [0.4, 0.5) is 0 Å². The zero-order valence-electron chi connectivity index (χ0n) is 12.5. The lowest BCUT2D eigenvalue weighted by Crippen LogP contribution is -2.26. The van der Waals surface area contributed by atoms with Crippen molar-refractivity contribution in [2.24, 2.45) is 11.8 Å². The molecule has 3 rings (SSSR count). The van der Waals surface area contributed by atoms with E-state index in [0.29, 0.717) is 6.04 Å². The summed E-state index contributed by atoms with van der Waals surface area (Å²) in [5.74, 6) is 3.32. The van der Waals surface area contributed by atoms with Gasteiger partial charge in [-0.15, -0.1) is 0 Å². The van der Waals surface area contributed by atoms with Gasteiger partial charge in [-0.1, -0.05) is 25.8 Å². The highest BCUT2D eigenvalue weighted by atomic mass is 16.5. The Kier molecular flexibility index (Phi) is 4.16.